The monoisotopic (exact) mass is 305 g/mol. The molecule has 17 heavy (non-hydrogen) atoms. The van der Waals surface area contributed by atoms with Crippen molar-refractivity contribution in [3.63, 3.8) is 0 Å². The summed E-state index contributed by atoms with van der Waals surface area (Å²) in [5.41, 5.74) is -0.406. The number of nitro benzene ring substituents is 1. The lowest BCUT2D eigenvalue weighted by molar-refractivity contribution is -0.386. The maximum atomic E-state index is 13.0. The van der Waals surface area contributed by atoms with Crippen LogP contribution in [0.1, 0.15) is 13.8 Å². The predicted molar refractivity (Wildman–Crippen MR) is 66.1 cm³/mol. The lowest BCUT2D eigenvalue weighted by Crippen LogP contribution is -2.23. The third-order valence-corrected chi connectivity index (χ3v) is 3.62. The van der Waals surface area contributed by atoms with Gasteiger partial charge in [0.25, 0.3) is 0 Å². The van der Waals surface area contributed by atoms with E-state index in [4.69, 9.17) is 4.74 Å². The second-order valence-electron chi connectivity index (χ2n) is 4.46. The van der Waals surface area contributed by atoms with E-state index in [2.05, 4.69) is 15.9 Å². The number of halogens is 2. The van der Waals surface area contributed by atoms with Gasteiger partial charge in [-0.25, -0.2) is 4.39 Å². The molecule has 0 saturated carbocycles. The Bertz CT molecular complexity index is 423. The summed E-state index contributed by atoms with van der Waals surface area (Å²) >= 11 is 3.32. The highest BCUT2D eigenvalue weighted by Gasteiger charge is 2.21. The normalized spacial score (nSPS) is 11.3. The summed E-state index contributed by atoms with van der Waals surface area (Å²) in [6.45, 7) is 4.14. The second kappa shape index (κ2) is 5.44. The van der Waals surface area contributed by atoms with Crippen LogP contribution in [0.15, 0.2) is 18.2 Å². The topological polar surface area (TPSA) is 52.4 Å². The molecule has 0 spiro atoms. The molecule has 0 radical (unpaired) electrons. The van der Waals surface area contributed by atoms with Gasteiger partial charge in [0.05, 0.1) is 11.5 Å². The van der Waals surface area contributed by atoms with Gasteiger partial charge >= 0.3 is 5.69 Å². The molecule has 0 aromatic heterocycles. The number of nitro groups is 1. The average molecular weight is 306 g/mol. The number of hydrogen-bond donors (Lipinski definition) is 0. The zero-order valence-corrected chi connectivity index (χ0v) is 11.2. The SMILES string of the molecule is CC(C)(CBr)COc1cc(F)ccc1[N+](=O)[O-]. The van der Waals surface area contributed by atoms with Crippen LogP contribution >= 0.6 is 15.9 Å². The van der Waals surface area contributed by atoms with E-state index in [9.17, 15) is 14.5 Å². The van der Waals surface area contributed by atoms with Crippen molar-refractivity contribution in [1.82, 2.24) is 0 Å². The van der Waals surface area contributed by atoms with Crippen LogP contribution in [0.25, 0.3) is 0 Å². The molecule has 0 heterocycles. The van der Waals surface area contributed by atoms with E-state index < -0.39 is 10.7 Å². The van der Waals surface area contributed by atoms with Gasteiger partial charge in [0, 0.05) is 22.9 Å². The number of hydrogen-bond acceptors (Lipinski definition) is 3. The lowest BCUT2D eigenvalue weighted by atomic mass is 9.98. The van der Waals surface area contributed by atoms with Crippen LogP contribution in [-0.2, 0) is 0 Å². The molecule has 0 N–H and O–H groups in total. The first kappa shape index (κ1) is 13.9. The fourth-order valence-corrected chi connectivity index (χ4v) is 1.23. The van der Waals surface area contributed by atoms with Gasteiger partial charge in [0.2, 0.25) is 0 Å². The summed E-state index contributed by atoms with van der Waals surface area (Å²) < 4.78 is 18.3. The van der Waals surface area contributed by atoms with Gasteiger partial charge in [0.15, 0.2) is 5.75 Å². The largest absolute Gasteiger partial charge is 0.486 e. The van der Waals surface area contributed by atoms with Crippen LogP contribution in [-0.4, -0.2) is 16.9 Å². The van der Waals surface area contributed by atoms with Crippen LogP contribution in [0.5, 0.6) is 5.75 Å². The van der Waals surface area contributed by atoms with Crippen LogP contribution in [0.2, 0.25) is 0 Å². The molecular weight excluding hydrogens is 293 g/mol. The van der Waals surface area contributed by atoms with Gasteiger partial charge in [0.1, 0.15) is 5.82 Å². The number of ether oxygens (including phenoxy) is 1. The van der Waals surface area contributed by atoms with Crippen molar-refractivity contribution in [2.75, 3.05) is 11.9 Å². The fourth-order valence-electron chi connectivity index (χ4n) is 1.07. The van der Waals surface area contributed by atoms with E-state index in [0.717, 1.165) is 18.2 Å². The minimum Gasteiger partial charge on any atom is -0.486 e. The first-order valence-corrected chi connectivity index (χ1v) is 6.10. The van der Waals surface area contributed by atoms with E-state index in [-0.39, 0.29) is 23.5 Å². The van der Waals surface area contributed by atoms with Gasteiger partial charge in [-0.3, -0.25) is 10.1 Å². The summed E-state index contributed by atoms with van der Waals surface area (Å²) in [6, 6.07) is 3.18. The molecule has 0 fully saturated rings. The van der Waals surface area contributed by atoms with Gasteiger partial charge < -0.3 is 4.74 Å². The van der Waals surface area contributed by atoms with Gasteiger partial charge in [-0.2, -0.15) is 0 Å². The summed E-state index contributed by atoms with van der Waals surface area (Å²) in [7, 11) is 0. The van der Waals surface area contributed by atoms with Gasteiger partial charge in [-0.1, -0.05) is 29.8 Å². The third-order valence-electron chi connectivity index (χ3n) is 2.10. The summed E-state index contributed by atoms with van der Waals surface area (Å²) in [4.78, 5) is 10.1. The van der Waals surface area contributed by atoms with E-state index in [1.165, 1.54) is 0 Å². The highest BCUT2D eigenvalue weighted by Crippen LogP contribution is 2.29. The molecule has 6 heteroatoms. The fraction of sp³-hybridized carbons (Fsp3) is 0.455. The second-order valence-corrected chi connectivity index (χ2v) is 5.02. The lowest BCUT2D eigenvalue weighted by Gasteiger charge is -2.21. The van der Waals surface area contributed by atoms with Crippen LogP contribution in [0.4, 0.5) is 10.1 Å². The maximum absolute atomic E-state index is 13.0. The number of nitrogens with zero attached hydrogens (tertiary/aromatic N) is 1. The standard InChI is InChI=1S/C11H13BrFNO3/c1-11(2,6-12)7-17-10-5-8(13)3-4-9(10)14(15)16/h3-5H,6-7H2,1-2H3. The molecular formula is C11H13BrFNO3. The van der Waals surface area contributed by atoms with Crippen molar-refractivity contribution >= 4 is 21.6 Å². The molecule has 1 aromatic carbocycles. The highest BCUT2D eigenvalue weighted by molar-refractivity contribution is 9.09. The number of alkyl halides is 1. The average Bonchev–Trinajstić information content (AvgIpc) is 2.26. The maximum Gasteiger partial charge on any atom is 0.311 e. The zero-order chi connectivity index (χ0) is 13.1. The van der Waals surface area contributed by atoms with E-state index >= 15 is 0 Å². The smallest absolute Gasteiger partial charge is 0.311 e. The molecule has 0 bridgehead atoms. The number of benzene rings is 1. The zero-order valence-electron chi connectivity index (χ0n) is 9.57. The molecule has 94 valence electrons. The number of rotatable bonds is 5. The Morgan fingerprint density at radius 3 is 2.71 bits per heavy atom. The van der Waals surface area contributed by atoms with E-state index in [1.54, 1.807) is 0 Å². The van der Waals surface area contributed by atoms with Crippen molar-refractivity contribution in [1.29, 1.82) is 0 Å². The predicted octanol–water partition coefficient (Wildman–Crippen LogP) is 3.53. The molecule has 0 aliphatic rings. The van der Waals surface area contributed by atoms with E-state index in [1.807, 2.05) is 13.8 Å². The minimum atomic E-state index is -0.587. The van der Waals surface area contributed by atoms with Gasteiger partial charge in [-0.15, -0.1) is 0 Å². The Morgan fingerprint density at radius 1 is 1.53 bits per heavy atom. The van der Waals surface area contributed by atoms with Crippen molar-refractivity contribution in [2.24, 2.45) is 5.41 Å². The Kier molecular flexibility index (Phi) is 4.45. The minimum absolute atomic E-state index is 0.0379. The molecule has 4 nitrogen and oxygen atoms in total. The molecule has 1 rings (SSSR count). The summed E-state index contributed by atoms with van der Waals surface area (Å²) in [6.07, 6.45) is 0. The van der Waals surface area contributed by atoms with Gasteiger partial charge in [-0.05, 0) is 6.07 Å². The molecule has 0 atom stereocenters. The Hall–Kier alpha value is -1.17. The van der Waals surface area contributed by atoms with E-state index in [0.29, 0.717) is 5.33 Å². The molecule has 0 aliphatic carbocycles. The Labute approximate surface area is 107 Å². The van der Waals surface area contributed by atoms with Crippen molar-refractivity contribution < 1.29 is 14.1 Å². The van der Waals surface area contributed by atoms with Crippen LogP contribution < -0.4 is 4.74 Å². The molecule has 0 saturated heterocycles. The molecule has 0 amide bonds. The molecule has 1 aromatic rings. The first-order valence-electron chi connectivity index (χ1n) is 4.98. The quantitative estimate of drug-likeness (QED) is 0.475. The Morgan fingerprint density at radius 2 is 2.18 bits per heavy atom. The van der Waals surface area contributed by atoms with Crippen molar-refractivity contribution in [3.05, 3.63) is 34.1 Å². The Balaban J connectivity index is 2.89. The van der Waals surface area contributed by atoms with Crippen molar-refractivity contribution in [3.8, 4) is 5.75 Å². The van der Waals surface area contributed by atoms with Crippen LogP contribution in [0, 0.1) is 21.3 Å². The van der Waals surface area contributed by atoms with Crippen LogP contribution in [0.3, 0.4) is 0 Å². The summed E-state index contributed by atoms with van der Waals surface area (Å²) in [5, 5.41) is 11.4. The molecule has 0 aliphatic heterocycles. The molecule has 0 unspecified atom stereocenters. The third kappa shape index (κ3) is 3.96. The van der Waals surface area contributed by atoms with Crippen molar-refractivity contribution in [2.45, 2.75) is 13.8 Å². The first-order chi connectivity index (χ1) is 7.85. The highest BCUT2D eigenvalue weighted by atomic mass is 79.9. The summed E-state index contributed by atoms with van der Waals surface area (Å²) in [5.74, 6) is -0.591.